The molecule has 1 aromatic heterocycles. The van der Waals surface area contributed by atoms with Crippen molar-refractivity contribution in [1.29, 1.82) is 0 Å². The minimum absolute atomic E-state index is 0.298. The van der Waals surface area contributed by atoms with Gasteiger partial charge in [0.05, 0.1) is 18.9 Å². The van der Waals surface area contributed by atoms with E-state index in [1.165, 1.54) is 0 Å². The lowest BCUT2D eigenvalue weighted by Crippen LogP contribution is -2.49. The van der Waals surface area contributed by atoms with Crippen LogP contribution >= 0.6 is 0 Å². The van der Waals surface area contributed by atoms with Gasteiger partial charge in [-0.3, -0.25) is 0 Å². The molecule has 144 valence electrons. The molecule has 3 heterocycles. The van der Waals surface area contributed by atoms with Crippen LogP contribution in [-0.2, 0) is 6.54 Å². The molecule has 0 aliphatic carbocycles. The Labute approximate surface area is 160 Å². The third-order valence-electron chi connectivity index (χ3n) is 5.31. The highest BCUT2D eigenvalue weighted by Crippen LogP contribution is 2.32. The molecule has 2 atom stereocenters. The predicted octanol–water partition coefficient (Wildman–Crippen LogP) is 2.66. The van der Waals surface area contributed by atoms with Crippen LogP contribution in [0.3, 0.4) is 0 Å². The number of benzene rings is 1. The summed E-state index contributed by atoms with van der Waals surface area (Å²) in [5, 5.41) is 3.45. The van der Waals surface area contributed by atoms with E-state index >= 15 is 0 Å². The number of likely N-dealkylation sites (tertiary alicyclic amines) is 1. The molecule has 2 aliphatic heterocycles. The van der Waals surface area contributed by atoms with Gasteiger partial charge in [0.15, 0.2) is 17.5 Å². The first-order chi connectivity index (χ1) is 13.2. The maximum Gasteiger partial charge on any atom is 0.231 e. The van der Waals surface area contributed by atoms with Crippen LogP contribution in [0.25, 0.3) is 0 Å². The number of nitrogens with one attached hydrogen (secondary N) is 1. The van der Waals surface area contributed by atoms with E-state index in [9.17, 15) is 0 Å². The van der Waals surface area contributed by atoms with E-state index in [0.717, 1.165) is 49.1 Å². The molecule has 0 bridgehead atoms. The van der Waals surface area contributed by atoms with Crippen molar-refractivity contribution in [3.05, 3.63) is 42.5 Å². The molecule has 1 N–H and O–H groups in total. The van der Waals surface area contributed by atoms with Gasteiger partial charge in [-0.05, 0) is 37.0 Å². The fourth-order valence-electron chi connectivity index (χ4n) is 3.73. The summed E-state index contributed by atoms with van der Waals surface area (Å²) >= 11 is 0. The van der Waals surface area contributed by atoms with Crippen molar-refractivity contribution >= 4 is 5.96 Å². The second-order valence-corrected chi connectivity index (χ2v) is 7.15. The summed E-state index contributed by atoms with van der Waals surface area (Å²) in [5.74, 6) is 3.20. The predicted molar refractivity (Wildman–Crippen MR) is 104 cm³/mol. The van der Waals surface area contributed by atoms with Gasteiger partial charge in [0.25, 0.3) is 0 Å². The number of aliphatic imine (C=N–C) groups is 1. The van der Waals surface area contributed by atoms with Gasteiger partial charge in [0.2, 0.25) is 6.79 Å². The van der Waals surface area contributed by atoms with Crippen molar-refractivity contribution < 1.29 is 9.47 Å². The number of fused-ring (bicyclic) bond motifs is 1. The van der Waals surface area contributed by atoms with Gasteiger partial charge in [-0.25, -0.2) is 9.98 Å². The van der Waals surface area contributed by atoms with Crippen LogP contribution in [-0.4, -0.2) is 46.8 Å². The summed E-state index contributed by atoms with van der Waals surface area (Å²) in [6, 6.07) is 6.43. The van der Waals surface area contributed by atoms with Gasteiger partial charge >= 0.3 is 0 Å². The SMILES string of the molecule is CCNC(=NCc1ccc2c(c1)OCO2)N1CCC(C)C(n2ccnc2)C1. The van der Waals surface area contributed by atoms with Crippen LogP contribution in [0, 0.1) is 5.92 Å². The molecule has 7 heteroatoms. The maximum atomic E-state index is 5.47. The van der Waals surface area contributed by atoms with Gasteiger partial charge in [-0.2, -0.15) is 0 Å². The van der Waals surface area contributed by atoms with Gasteiger partial charge < -0.3 is 24.3 Å². The quantitative estimate of drug-likeness (QED) is 0.663. The molecular weight excluding hydrogens is 342 g/mol. The summed E-state index contributed by atoms with van der Waals surface area (Å²) in [5.41, 5.74) is 1.12. The molecule has 1 aromatic carbocycles. The minimum Gasteiger partial charge on any atom is -0.454 e. The molecule has 7 nitrogen and oxygen atoms in total. The Balaban J connectivity index is 1.48. The number of ether oxygens (including phenoxy) is 2. The molecule has 0 amide bonds. The Hall–Kier alpha value is -2.70. The summed E-state index contributed by atoms with van der Waals surface area (Å²) in [4.78, 5) is 11.5. The van der Waals surface area contributed by atoms with E-state index in [-0.39, 0.29) is 0 Å². The first kappa shape index (κ1) is 17.7. The van der Waals surface area contributed by atoms with Crippen molar-refractivity contribution in [2.45, 2.75) is 32.9 Å². The van der Waals surface area contributed by atoms with Crippen LogP contribution in [0.5, 0.6) is 11.5 Å². The second-order valence-electron chi connectivity index (χ2n) is 7.15. The van der Waals surface area contributed by atoms with Crippen molar-refractivity contribution in [2.24, 2.45) is 10.9 Å². The van der Waals surface area contributed by atoms with Crippen LogP contribution < -0.4 is 14.8 Å². The topological polar surface area (TPSA) is 63.9 Å². The molecular formula is C20H27N5O2. The lowest BCUT2D eigenvalue weighted by atomic mass is 9.93. The maximum absolute atomic E-state index is 5.47. The molecule has 2 aliphatic rings. The first-order valence-electron chi connectivity index (χ1n) is 9.64. The van der Waals surface area contributed by atoms with Gasteiger partial charge in [0, 0.05) is 32.0 Å². The molecule has 2 aromatic rings. The molecule has 27 heavy (non-hydrogen) atoms. The Morgan fingerprint density at radius 2 is 2.22 bits per heavy atom. The molecule has 0 radical (unpaired) electrons. The Morgan fingerprint density at radius 1 is 1.33 bits per heavy atom. The number of aromatic nitrogens is 2. The van der Waals surface area contributed by atoms with Crippen molar-refractivity contribution in [3.8, 4) is 11.5 Å². The van der Waals surface area contributed by atoms with Crippen molar-refractivity contribution in [1.82, 2.24) is 19.8 Å². The zero-order chi connectivity index (χ0) is 18.6. The average molecular weight is 369 g/mol. The molecule has 4 rings (SSSR count). The van der Waals surface area contributed by atoms with Gasteiger partial charge in [0.1, 0.15) is 0 Å². The number of imidazole rings is 1. The van der Waals surface area contributed by atoms with Gasteiger partial charge in [-0.15, -0.1) is 0 Å². The molecule has 1 fully saturated rings. The summed E-state index contributed by atoms with van der Waals surface area (Å²) < 4.78 is 13.1. The van der Waals surface area contributed by atoms with E-state index in [2.05, 4.69) is 39.8 Å². The second kappa shape index (κ2) is 7.90. The average Bonchev–Trinajstić information content (AvgIpc) is 3.37. The number of guanidine groups is 1. The molecule has 0 saturated carbocycles. The zero-order valence-electron chi connectivity index (χ0n) is 16.0. The van der Waals surface area contributed by atoms with Crippen LogP contribution in [0.4, 0.5) is 0 Å². The first-order valence-corrected chi connectivity index (χ1v) is 9.64. The van der Waals surface area contributed by atoms with Crippen LogP contribution in [0.1, 0.15) is 31.9 Å². The van der Waals surface area contributed by atoms with Crippen LogP contribution in [0.15, 0.2) is 41.9 Å². The third kappa shape index (κ3) is 3.86. The fourth-order valence-corrected chi connectivity index (χ4v) is 3.73. The number of piperidine rings is 1. The number of hydrogen-bond acceptors (Lipinski definition) is 4. The zero-order valence-corrected chi connectivity index (χ0v) is 16.0. The van der Waals surface area contributed by atoms with E-state index in [1.54, 1.807) is 0 Å². The normalized spacial score (nSPS) is 22.1. The fraction of sp³-hybridized carbons (Fsp3) is 0.500. The smallest absolute Gasteiger partial charge is 0.231 e. The largest absolute Gasteiger partial charge is 0.454 e. The highest BCUT2D eigenvalue weighted by molar-refractivity contribution is 5.80. The number of nitrogens with zero attached hydrogens (tertiary/aromatic N) is 4. The van der Waals surface area contributed by atoms with Crippen LogP contribution in [0.2, 0.25) is 0 Å². The monoisotopic (exact) mass is 369 g/mol. The lowest BCUT2D eigenvalue weighted by molar-refractivity contribution is 0.174. The Bertz CT molecular complexity index is 790. The minimum atomic E-state index is 0.298. The molecule has 2 unspecified atom stereocenters. The standard InChI is InChI=1S/C20H27N5O2/c1-3-22-20(23-11-16-4-5-18-19(10-16)27-14-26-18)24-8-6-15(2)17(12-24)25-9-7-21-13-25/h4-5,7,9-10,13,15,17H,3,6,8,11-12,14H2,1-2H3,(H,22,23). The summed E-state index contributed by atoms with van der Waals surface area (Å²) in [7, 11) is 0. The Kier molecular flexibility index (Phi) is 5.18. The molecule has 0 spiro atoms. The van der Waals surface area contributed by atoms with E-state index in [1.807, 2.05) is 30.7 Å². The number of rotatable bonds is 4. The van der Waals surface area contributed by atoms with E-state index < -0.39 is 0 Å². The number of hydrogen-bond donors (Lipinski definition) is 1. The van der Waals surface area contributed by atoms with E-state index in [4.69, 9.17) is 14.5 Å². The lowest BCUT2D eigenvalue weighted by Gasteiger charge is -2.39. The molecule has 1 saturated heterocycles. The third-order valence-corrected chi connectivity index (χ3v) is 5.31. The van der Waals surface area contributed by atoms with E-state index in [0.29, 0.717) is 25.3 Å². The van der Waals surface area contributed by atoms with Crippen molar-refractivity contribution in [2.75, 3.05) is 26.4 Å². The summed E-state index contributed by atoms with van der Waals surface area (Å²) in [6.45, 7) is 8.13. The highest BCUT2D eigenvalue weighted by atomic mass is 16.7. The Morgan fingerprint density at radius 3 is 3.04 bits per heavy atom. The highest BCUT2D eigenvalue weighted by Gasteiger charge is 2.28. The summed E-state index contributed by atoms with van der Waals surface area (Å²) in [6.07, 6.45) is 6.96. The van der Waals surface area contributed by atoms with Crippen molar-refractivity contribution in [3.63, 3.8) is 0 Å². The van der Waals surface area contributed by atoms with Gasteiger partial charge in [-0.1, -0.05) is 13.0 Å².